The minimum Gasteiger partial charge on any atom is -0.361 e. The highest BCUT2D eigenvalue weighted by Gasteiger charge is 2.22. The lowest BCUT2D eigenvalue weighted by molar-refractivity contribution is -0.118. The lowest BCUT2D eigenvalue weighted by atomic mass is 10.1. The lowest BCUT2D eigenvalue weighted by Crippen LogP contribution is -2.37. The van der Waals surface area contributed by atoms with Crippen LogP contribution in [0.1, 0.15) is 6.42 Å². The van der Waals surface area contributed by atoms with E-state index in [0.717, 1.165) is 0 Å². The zero-order valence-electron chi connectivity index (χ0n) is 4.92. The van der Waals surface area contributed by atoms with Crippen LogP contribution in [-0.4, -0.2) is 29.4 Å². The van der Waals surface area contributed by atoms with Gasteiger partial charge in [-0.1, -0.05) is 0 Å². The average Bonchev–Trinajstić information content (AvgIpc) is 1.89. The molecular weight excluding hydrogens is 118 g/mol. The topological polar surface area (TPSA) is 65.5 Å². The quantitative estimate of drug-likeness (QED) is 0.341. The predicted octanol–water partition coefficient (Wildman–Crippen LogP) is -0.780. The van der Waals surface area contributed by atoms with Gasteiger partial charge in [0.1, 0.15) is 6.54 Å². The third kappa shape index (κ3) is 1.22. The molecule has 1 rings (SSSR count). The molecule has 0 radical (unpaired) electrons. The summed E-state index contributed by atoms with van der Waals surface area (Å²) < 4.78 is 0. The largest absolute Gasteiger partial charge is 0.361 e. The number of nitrogens with one attached hydrogen (secondary N) is 1. The van der Waals surface area contributed by atoms with Crippen molar-refractivity contribution in [2.45, 2.75) is 6.42 Å². The van der Waals surface area contributed by atoms with Gasteiger partial charge in [-0.2, -0.15) is 4.79 Å². The molecule has 1 heterocycles. The van der Waals surface area contributed by atoms with Crippen LogP contribution in [0.25, 0.3) is 5.53 Å². The second kappa shape index (κ2) is 2.53. The molecule has 0 aliphatic carbocycles. The van der Waals surface area contributed by atoms with E-state index >= 15 is 0 Å². The molecule has 1 N–H and O–H groups in total. The van der Waals surface area contributed by atoms with Crippen LogP contribution in [-0.2, 0) is 4.79 Å². The van der Waals surface area contributed by atoms with Crippen LogP contribution >= 0.6 is 0 Å². The van der Waals surface area contributed by atoms with Crippen molar-refractivity contribution in [2.75, 3.05) is 13.1 Å². The molecule has 4 nitrogen and oxygen atoms in total. The van der Waals surface area contributed by atoms with E-state index in [1.54, 1.807) is 0 Å². The number of Topliss-reactive ketones (excluding diaryl/α,β-unsaturated/α-hetero) is 1. The molecule has 0 aromatic rings. The van der Waals surface area contributed by atoms with Crippen molar-refractivity contribution in [1.29, 1.82) is 0 Å². The van der Waals surface area contributed by atoms with Crippen LogP contribution in [0.2, 0.25) is 0 Å². The zero-order chi connectivity index (χ0) is 6.69. The van der Waals surface area contributed by atoms with E-state index in [-0.39, 0.29) is 11.5 Å². The summed E-state index contributed by atoms with van der Waals surface area (Å²) in [6.07, 6.45) is 0.444. The highest BCUT2D eigenvalue weighted by atomic mass is 16.1. The highest BCUT2D eigenvalue weighted by molar-refractivity contribution is 6.38. The van der Waals surface area contributed by atoms with Gasteiger partial charge in [0.2, 0.25) is 5.78 Å². The third-order valence-corrected chi connectivity index (χ3v) is 1.26. The molecule has 1 saturated heterocycles. The monoisotopic (exact) mass is 125 g/mol. The van der Waals surface area contributed by atoms with Crippen molar-refractivity contribution in [1.82, 2.24) is 5.32 Å². The standard InChI is InChI=1S/C5H7N3O/c6-8-4-3-7-2-1-5(4)9/h7H,1-3H2. The molecule has 1 fully saturated rings. The summed E-state index contributed by atoms with van der Waals surface area (Å²) in [7, 11) is 0. The van der Waals surface area contributed by atoms with Crippen molar-refractivity contribution < 1.29 is 9.58 Å². The van der Waals surface area contributed by atoms with Crippen LogP contribution in [0, 0.1) is 0 Å². The number of carbonyl (C=O) groups excluding carboxylic acids is 1. The van der Waals surface area contributed by atoms with E-state index in [2.05, 4.69) is 10.1 Å². The lowest BCUT2D eigenvalue weighted by Gasteiger charge is -2.04. The number of rotatable bonds is 0. The molecule has 0 amide bonds. The van der Waals surface area contributed by atoms with E-state index in [1.807, 2.05) is 0 Å². The Hall–Kier alpha value is -0.990. The maximum atomic E-state index is 10.7. The first-order chi connectivity index (χ1) is 4.34. The van der Waals surface area contributed by atoms with Gasteiger partial charge in [0.15, 0.2) is 0 Å². The first-order valence-corrected chi connectivity index (χ1v) is 2.79. The molecule has 9 heavy (non-hydrogen) atoms. The van der Waals surface area contributed by atoms with Crippen LogP contribution in [0.15, 0.2) is 0 Å². The molecule has 0 unspecified atom stereocenters. The summed E-state index contributed by atoms with van der Waals surface area (Å²) in [5.74, 6) is -0.0590. The summed E-state index contributed by atoms with van der Waals surface area (Å²) in [6.45, 7) is 1.09. The molecule has 0 atom stereocenters. The Kier molecular flexibility index (Phi) is 1.72. The number of ketones is 1. The van der Waals surface area contributed by atoms with E-state index in [0.29, 0.717) is 19.5 Å². The maximum Gasteiger partial charge on any atom is 0.348 e. The highest BCUT2D eigenvalue weighted by Crippen LogP contribution is 1.88. The SMILES string of the molecule is [N-]=[N+]=C1CNCCC1=O. The average molecular weight is 125 g/mol. The minimum atomic E-state index is -0.0590. The minimum absolute atomic E-state index is 0.0590. The van der Waals surface area contributed by atoms with Crippen molar-refractivity contribution in [3.8, 4) is 0 Å². The van der Waals surface area contributed by atoms with Crippen molar-refractivity contribution in [3.63, 3.8) is 0 Å². The van der Waals surface area contributed by atoms with E-state index in [1.165, 1.54) is 0 Å². The Balaban J connectivity index is 2.71. The van der Waals surface area contributed by atoms with Crippen LogP contribution in [0.5, 0.6) is 0 Å². The van der Waals surface area contributed by atoms with Gasteiger partial charge in [-0.25, -0.2) is 0 Å². The predicted molar refractivity (Wildman–Crippen MR) is 31.1 cm³/mol. The number of nitrogens with zero attached hydrogens (tertiary/aromatic N) is 2. The molecule has 0 bridgehead atoms. The fraction of sp³-hybridized carbons (Fsp3) is 0.600. The third-order valence-electron chi connectivity index (χ3n) is 1.26. The molecule has 48 valence electrons. The number of carbonyl (C=O) groups is 1. The van der Waals surface area contributed by atoms with E-state index in [9.17, 15) is 4.79 Å². The zero-order valence-corrected chi connectivity index (χ0v) is 4.92. The smallest absolute Gasteiger partial charge is 0.348 e. The second-order valence-electron chi connectivity index (χ2n) is 1.90. The van der Waals surface area contributed by atoms with E-state index in [4.69, 9.17) is 5.53 Å². The normalized spacial score (nSPS) is 19.6. The molecule has 4 heteroatoms. The first-order valence-electron chi connectivity index (χ1n) is 2.79. The Bertz CT molecular complexity index is 181. The van der Waals surface area contributed by atoms with Gasteiger partial charge in [0.05, 0.1) is 0 Å². The van der Waals surface area contributed by atoms with Crippen LogP contribution in [0.4, 0.5) is 0 Å². The fourth-order valence-electron chi connectivity index (χ4n) is 0.743. The van der Waals surface area contributed by atoms with Gasteiger partial charge < -0.3 is 10.8 Å². The van der Waals surface area contributed by atoms with Gasteiger partial charge in [-0.15, -0.1) is 0 Å². The second-order valence-corrected chi connectivity index (χ2v) is 1.90. The Morgan fingerprint density at radius 1 is 1.67 bits per heavy atom. The Morgan fingerprint density at radius 2 is 2.44 bits per heavy atom. The van der Waals surface area contributed by atoms with Gasteiger partial charge in [-0.3, -0.25) is 4.79 Å². The first kappa shape index (κ1) is 6.13. The summed E-state index contributed by atoms with van der Waals surface area (Å²) >= 11 is 0. The Morgan fingerprint density at radius 3 is 2.89 bits per heavy atom. The van der Waals surface area contributed by atoms with Gasteiger partial charge in [0.25, 0.3) is 0 Å². The van der Waals surface area contributed by atoms with Gasteiger partial charge in [-0.05, 0) is 0 Å². The molecule has 0 spiro atoms. The Labute approximate surface area is 52.5 Å². The van der Waals surface area contributed by atoms with Crippen molar-refractivity contribution in [3.05, 3.63) is 5.53 Å². The summed E-state index contributed by atoms with van der Waals surface area (Å²) in [6, 6.07) is 0. The van der Waals surface area contributed by atoms with Crippen LogP contribution < -0.4 is 5.32 Å². The summed E-state index contributed by atoms with van der Waals surface area (Å²) in [5.41, 5.74) is 8.43. The molecule has 1 aliphatic heterocycles. The van der Waals surface area contributed by atoms with Crippen LogP contribution in [0.3, 0.4) is 0 Å². The molecular formula is C5H7N3O. The molecule has 0 aromatic heterocycles. The van der Waals surface area contributed by atoms with Gasteiger partial charge >= 0.3 is 5.71 Å². The van der Waals surface area contributed by atoms with E-state index < -0.39 is 0 Å². The molecule has 0 saturated carbocycles. The summed E-state index contributed by atoms with van der Waals surface area (Å²) in [4.78, 5) is 13.5. The number of piperidine rings is 1. The fourth-order valence-corrected chi connectivity index (χ4v) is 0.743. The maximum absolute atomic E-state index is 10.7. The molecule has 0 aromatic carbocycles. The summed E-state index contributed by atoms with van der Waals surface area (Å²) in [5, 5.41) is 2.90. The molecule has 1 aliphatic rings. The number of hydrogen-bond donors (Lipinski definition) is 1. The van der Waals surface area contributed by atoms with Crippen molar-refractivity contribution in [2.24, 2.45) is 0 Å². The van der Waals surface area contributed by atoms with Crippen molar-refractivity contribution >= 4 is 11.5 Å². The van der Waals surface area contributed by atoms with Gasteiger partial charge in [0, 0.05) is 13.0 Å². The number of hydrogen-bond acceptors (Lipinski definition) is 2.